The lowest BCUT2D eigenvalue weighted by Crippen LogP contribution is -2.56. The first-order valence-corrected chi connectivity index (χ1v) is 18.2. The van der Waals surface area contributed by atoms with Crippen LogP contribution in [0.2, 0.25) is 0 Å². The second-order valence-corrected chi connectivity index (χ2v) is 16.9. The van der Waals surface area contributed by atoms with E-state index in [0.717, 1.165) is 38.5 Å². The molecule has 4 saturated carbocycles. The van der Waals surface area contributed by atoms with E-state index >= 15 is 0 Å². The number of allylic oxidation sites excluding steroid dienone is 3. The molecule has 0 saturated heterocycles. The largest absolute Gasteiger partial charge is 0.487 e. The van der Waals surface area contributed by atoms with Crippen molar-refractivity contribution in [3.05, 3.63) is 36.6 Å². The molecule has 2 spiro atoms. The van der Waals surface area contributed by atoms with Crippen molar-refractivity contribution in [3.63, 3.8) is 0 Å². The van der Waals surface area contributed by atoms with Gasteiger partial charge in [0, 0.05) is 24.2 Å². The van der Waals surface area contributed by atoms with Crippen LogP contribution in [0.3, 0.4) is 0 Å². The Kier molecular flexibility index (Phi) is 9.94. The molecule has 0 radical (unpaired) electrons. The maximum absolute atomic E-state index is 14.3. The van der Waals surface area contributed by atoms with Crippen molar-refractivity contribution < 1.29 is 43.7 Å². The number of Topliss-reactive ketones (excluding diaryl/α,β-unsaturated/α-hetero) is 1. The van der Waals surface area contributed by atoms with E-state index in [1.165, 1.54) is 0 Å². The molecule has 0 bridgehead atoms. The third-order valence-corrected chi connectivity index (χ3v) is 14.5. The van der Waals surface area contributed by atoms with E-state index in [4.69, 9.17) is 14.6 Å². The van der Waals surface area contributed by atoms with Gasteiger partial charge in [-0.05, 0) is 95.5 Å². The lowest BCUT2D eigenvalue weighted by Gasteiger charge is -2.61. The Morgan fingerprint density at radius 2 is 1.61 bits per heavy atom. The molecule has 0 aromatic heterocycles. The topological polar surface area (TPSA) is 144 Å². The minimum Gasteiger partial charge on any atom is -0.487 e. The summed E-state index contributed by atoms with van der Waals surface area (Å²) in [5.41, 5.74) is 0.514. The molecule has 5 aliphatic rings. The summed E-state index contributed by atoms with van der Waals surface area (Å²) in [5, 5.41) is 18.2. The quantitative estimate of drug-likeness (QED) is 0.104. The second-order valence-electron chi connectivity index (χ2n) is 16.9. The van der Waals surface area contributed by atoms with Crippen molar-refractivity contribution in [1.82, 2.24) is 0 Å². The van der Waals surface area contributed by atoms with Gasteiger partial charge in [-0.2, -0.15) is 0 Å². The molecule has 0 heterocycles. The van der Waals surface area contributed by atoms with Gasteiger partial charge in [0.1, 0.15) is 0 Å². The van der Waals surface area contributed by atoms with E-state index < -0.39 is 29.9 Å². The van der Waals surface area contributed by atoms with Crippen LogP contribution < -0.4 is 0 Å². The molecule has 9 nitrogen and oxygen atoms in total. The van der Waals surface area contributed by atoms with E-state index in [0.29, 0.717) is 17.8 Å². The summed E-state index contributed by atoms with van der Waals surface area (Å²) in [4.78, 5) is 61.3. The van der Waals surface area contributed by atoms with Gasteiger partial charge in [0.05, 0.1) is 31.6 Å². The summed E-state index contributed by atoms with van der Waals surface area (Å²) < 4.78 is 11.6. The highest BCUT2D eigenvalue weighted by molar-refractivity contribution is 5.99. The average molecular weight is 681 g/mol. The normalized spacial score (nSPS) is 38.8. The summed E-state index contributed by atoms with van der Waals surface area (Å²) in [6, 6.07) is 0. The molecule has 270 valence electrons. The molecular weight excluding hydrogens is 624 g/mol. The first-order valence-electron chi connectivity index (χ1n) is 18.2. The van der Waals surface area contributed by atoms with E-state index in [2.05, 4.69) is 53.9 Å². The van der Waals surface area contributed by atoms with Crippen LogP contribution in [-0.4, -0.2) is 52.4 Å². The third-order valence-electron chi connectivity index (χ3n) is 14.5. The monoisotopic (exact) mass is 680 g/mol. The van der Waals surface area contributed by atoms with E-state index in [1.807, 2.05) is 6.08 Å². The SMILES string of the molecule is C=C(CCC(=O)O)O[C@@H](C(=O)C(=C)[C@@H](C)COC(=O)CCC(=O)O)[C@@H](C)[C@H]1[C@@H](C)C[C@@]2(C)[C@@H]3CC[C@H]4[C@H](C)C(=O)C=C[C@@]45C[C@@]35CC[C@]12C. The summed E-state index contributed by atoms with van der Waals surface area (Å²) in [7, 11) is 0. The van der Waals surface area contributed by atoms with Crippen LogP contribution in [0.5, 0.6) is 0 Å². The fourth-order valence-electron chi connectivity index (χ4n) is 12.1. The van der Waals surface area contributed by atoms with Gasteiger partial charge >= 0.3 is 17.9 Å². The van der Waals surface area contributed by atoms with Crippen molar-refractivity contribution in [2.24, 2.45) is 63.1 Å². The highest BCUT2D eigenvalue weighted by Gasteiger charge is 2.81. The Morgan fingerprint density at radius 1 is 0.959 bits per heavy atom. The Hall–Kier alpha value is -3.23. The maximum Gasteiger partial charge on any atom is 0.306 e. The van der Waals surface area contributed by atoms with Crippen LogP contribution in [-0.2, 0) is 33.4 Å². The van der Waals surface area contributed by atoms with Gasteiger partial charge in [0.2, 0.25) is 0 Å². The molecule has 0 unspecified atom stereocenters. The fraction of sp³-hybridized carbons (Fsp3) is 0.725. The molecule has 2 N–H and O–H groups in total. The maximum atomic E-state index is 14.3. The van der Waals surface area contributed by atoms with Crippen molar-refractivity contribution in [3.8, 4) is 0 Å². The molecule has 0 aliphatic heterocycles. The van der Waals surface area contributed by atoms with Gasteiger partial charge < -0.3 is 19.7 Å². The number of carbonyl (C=O) groups is 5. The molecule has 0 aromatic rings. The smallest absolute Gasteiger partial charge is 0.306 e. The van der Waals surface area contributed by atoms with Gasteiger partial charge in [-0.25, -0.2) is 0 Å². The standard InChI is InChI=1S/C40H56O9/c1-22-19-38(8)30-11-10-28-26(5)29(41)15-16-39(28)21-40(30,39)18-17-37(38,7)34(22)27(6)36(49-24(3)9-12-31(42)43)35(47)25(4)23(2)20-48-33(46)14-13-32(44)45/h15-16,22-23,26-28,30,34,36H,3-4,9-14,17-21H2,1-2,5-8H3,(H,42,43)(H,44,45)/t22-,23-,26-,27-,28-,30-,34+,36+,37+,38-,39+,40-/m0/s1. The summed E-state index contributed by atoms with van der Waals surface area (Å²) in [6.07, 6.45) is 9.02. The minimum absolute atomic E-state index is 0.0268. The number of carbonyl (C=O) groups excluding carboxylic acids is 3. The van der Waals surface area contributed by atoms with E-state index in [9.17, 15) is 29.1 Å². The molecule has 0 aromatic carbocycles. The van der Waals surface area contributed by atoms with Gasteiger partial charge in [-0.3, -0.25) is 24.0 Å². The van der Waals surface area contributed by atoms with Crippen LogP contribution in [0.15, 0.2) is 36.6 Å². The zero-order valence-electron chi connectivity index (χ0n) is 30.2. The number of aliphatic carboxylic acids is 2. The van der Waals surface area contributed by atoms with Crippen LogP contribution in [0.4, 0.5) is 0 Å². The minimum atomic E-state index is -1.10. The van der Waals surface area contributed by atoms with Crippen LogP contribution >= 0.6 is 0 Å². The molecule has 5 aliphatic carbocycles. The number of ketones is 2. The van der Waals surface area contributed by atoms with Crippen molar-refractivity contribution >= 4 is 29.5 Å². The molecule has 9 heteroatoms. The number of ether oxygens (including phenoxy) is 2. The van der Waals surface area contributed by atoms with Gasteiger partial charge in [0.15, 0.2) is 17.7 Å². The fourth-order valence-corrected chi connectivity index (χ4v) is 12.1. The Balaban J connectivity index is 1.39. The predicted molar refractivity (Wildman–Crippen MR) is 183 cm³/mol. The molecular formula is C40H56O9. The first-order chi connectivity index (χ1) is 22.8. The molecule has 0 amide bonds. The van der Waals surface area contributed by atoms with E-state index in [1.54, 1.807) is 6.92 Å². The van der Waals surface area contributed by atoms with Crippen LogP contribution in [0, 0.1) is 63.1 Å². The number of carboxylic acid groups (broad SMARTS) is 2. The zero-order valence-corrected chi connectivity index (χ0v) is 30.2. The Morgan fingerprint density at radius 3 is 2.27 bits per heavy atom. The molecule has 4 fully saturated rings. The van der Waals surface area contributed by atoms with Crippen molar-refractivity contribution in [1.29, 1.82) is 0 Å². The number of esters is 1. The number of hydrogen-bond acceptors (Lipinski definition) is 7. The van der Waals surface area contributed by atoms with Crippen LogP contribution in [0.1, 0.15) is 106 Å². The van der Waals surface area contributed by atoms with Gasteiger partial charge in [-0.1, -0.05) is 60.8 Å². The number of rotatable bonds is 15. The number of hydrogen-bond donors (Lipinski definition) is 2. The van der Waals surface area contributed by atoms with Crippen molar-refractivity contribution in [2.75, 3.05) is 6.61 Å². The number of fused-ring (bicyclic) bond motifs is 2. The highest BCUT2D eigenvalue weighted by Crippen LogP contribution is 2.87. The summed E-state index contributed by atoms with van der Waals surface area (Å²) in [6.45, 7) is 21.1. The Bertz CT molecular complexity index is 1460. The first kappa shape index (κ1) is 37.0. The Labute approximate surface area is 290 Å². The zero-order chi connectivity index (χ0) is 36.3. The van der Waals surface area contributed by atoms with Crippen LogP contribution in [0.25, 0.3) is 0 Å². The van der Waals surface area contributed by atoms with E-state index in [-0.39, 0.29) is 94.6 Å². The molecule has 12 atom stereocenters. The lowest BCUT2D eigenvalue weighted by atomic mass is 9.43. The summed E-state index contributed by atoms with van der Waals surface area (Å²) in [5.74, 6) is -1.91. The molecule has 5 rings (SSSR count). The highest BCUT2D eigenvalue weighted by atomic mass is 16.5. The lowest BCUT2D eigenvalue weighted by molar-refractivity contribution is -0.148. The van der Waals surface area contributed by atoms with Crippen molar-refractivity contribution in [2.45, 2.75) is 112 Å². The number of carboxylic acids is 2. The average Bonchev–Trinajstić information content (AvgIpc) is 3.65. The van der Waals surface area contributed by atoms with Gasteiger partial charge in [-0.15, -0.1) is 0 Å². The third kappa shape index (κ3) is 6.01. The van der Waals surface area contributed by atoms with Gasteiger partial charge in [0.25, 0.3) is 0 Å². The second kappa shape index (κ2) is 13.1. The predicted octanol–water partition coefficient (Wildman–Crippen LogP) is 7.20. The molecule has 49 heavy (non-hydrogen) atoms. The summed E-state index contributed by atoms with van der Waals surface area (Å²) >= 11 is 0.